The van der Waals surface area contributed by atoms with Gasteiger partial charge in [0.05, 0.1) is 11.1 Å². The Hall–Kier alpha value is -3.01. The topological polar surface area (TPSA) is 60.2 Å². The standard InChI is InChI=1S/C17H14F2N4O/c18-13-3-4-15(19)14(10-13)17(24)23-8-6-22(7-9-23)16-12(11-20)2-1-5-21-16/h1-5,10H,6-9H2. The number of amides is 1. The third-order valence-corrected chi connectivity index (χ3v) is 3.93. The van der Waals surface area contributed by atoms with Gasteiger partial charge in [0.25, 0.3) is 5.91 Å². The van der Waals surface area contributed by atoms with Gasteiger partial charge in [-0.3, -0.25) is 4.79 Å². The maximum atomic E-state index is 13.7. The van der Waals surface area contributed by atoms with Crippen molar-refractivity contribution in [3.63, 3.8) is 0 Å². The molecule has 24 heavy (non-hydrogen) atoms. The van der Waals surface area contributed by atoms with Gasteiger partial charge in [0.15, 0.2) is 0 Å². The molecular weight excluding hydrogens is 314 g/mol. The summed E-state index contributed by atoms with van der Waals surface area (Å²) < 4.78 is 27.0. The maximum Gasteiger partial charge on any atom is 0.257 e. The lowest BCUT2D eigenvalue weighted by atomic mass is 10.1. The van der Waals surface area contributed by atoms with Crippen LogP contribution < -0.4 is 4.90 Å². The Labute approximate surface area is 137 Å². The van der Waals surface area contributed by atoms with Gasteiger partial charge in [-0.1, -0.05) is 0 Å². The molecule has 5 nitrogen and oxygen atoms in total. The van der Waals surface area contributed by atoms with E-state index in [0.717, 1.165) is 18.2 Å². The monoisotopic (exact) mass is 328 g/mol. The lowest BCUT2D eigenvalue weighted by Crippen LogP contribution is -2.49. The zero-order chi connectivity index (χ0) is 17.1. The van der Waals surface area contributed by atoms with Crippen molar-refractivity contribution in [2.45, 2.75) is 0 Å². The van der Waals surface area contributed by atoms with Crippen LogP contribution in [0.5, 0.6) is 0 Å². The number of hydrogen-bond donors (Lipinski definition) is 0. The van der Waals surface area contributed by atoms with Crippen molar-refractivity contribution in [2.75, 3.05) is 31.1 Å². The van der Waals surface area contributed by atoms with Crippen LogP contribution in [0.25, 0.3) is 0 Å². The van der Waals surface area contributed by atoms with Gasteiger partial charge in [0, 0.05) is 32.4 Å². The Kier molecular flexibility index (Phi) is 4.38. The highest BCUT2D eigenvalue weighted by molar-refractivity contribution is 5.94. The zero-order valence-corrected chi connectivity index (χ0v) is 12.7. The molecule has 1 amide bonds. The van der Waals surface area contributed by atoms with Gasteiger partial charge in [-0.2, -0.15) is 5.26 Å². The third-order valence-electron chi connectivity index (χ3n) is 3.93. The summed E-state index contributed by atoms with van der Waals surface area (Å²) in [7, 11) is 0. The summed E-state index contributed by atoms with van der Waals surface area (Å²) in [6.45, 7) is 1.62. The molecule has 2 aromatic rings. The van der Waals surface area contributed by atoms with Gasteiger partial charge < -0.3 is 9.80 Å². The maximum absolute atomic E-state index is 13.7. The van der Waals surface area contributed by atoms with E-state index in [1.807, 2.05) is 4.90 Å². The minimum atomic E-state index is -0.736. The van der Waals surface area contributed by atoms with Crippen LogP contribution in [0.2, 0.25) is 0 Å². The van der Waals surface area contributed by atoms with Gasteiger partial charge in [0.1, 0.15) is 23.5 Å². The van der Waals surface area contributed by atoms with Crippen LogP contribution in [0.1, 0.15) is 15.9 Å². The molecule has 0 radical (unpaired) electrons. The lowest BCUT2D eigenvalue weighted by molar-refractivity contribution is 0.0741. The second-order valence-corrected chi connectivity index (χ2v) is 5.39. The molecule has 7 heteroatoms. The molecule has 0 bridgehead atoms. The number of hydrogen-bond acceptors (Lipinski definition) is 4. The molecule has 0 unspecified atom stereocenters. The van der Waals surface area contributed by atoms with E-state index in [4.69, 9.17) is 5.26 Å². The molecule has 0 saturated carbocycles. The SMILES string of the molecule is N#Cc1cccnc1N1CCN(C(=O)c2cc(F)ccc2F)CC1. The number of nitrogens with zero attached hydrogens (tertiary/aromatic N) is 4. The van der Waals surface area contributed by atoms with E-state index in [-0.39, 0.29) is 5.56 Å². The molecule has 2 heterocycles. The van der Waals surface area contributed by atoms with E-state index in [1.54, 1.807) is 18.3 Å². The van der Waals surface area contributed by atoms with Gasteiger partial charge in [0.2, 0.25) is 0 Å². The number of pyridine rings is 1. The van der Waals surface area contributed by atoms with Crippen molar-refractivity contribution in [3.8, 4) is 6.07 Å². The number of carbonyl (C=O) groups excluding carboxylic acids is 1. The highest BCUT2D eigenvalue weighted by Crippen LogP contribution is 2.19. The van der Waals surface area contributed by atoms with Crippen LogP contribution in [0.15, 0.2) is 36.5 Å². The summed E-state index contributed by atoms with van der Waals surface area (Å²) in [5, 5.41) is 9.14. The highest BCUT2D eigenvalue weighted by Gasteiger charge is 2.25. The molecule has 0 atom stereocenters. The molecule has 1 aromatic heterocycles. The predicted molar refractivity (Wildman–Crippen MR) is 83.4 cm³/mol. The molecule has 1 aliphatic heterocycles. The number of nitriles is 1. The van der Waals surface area contributed by atoms with Crippen LogP contribution >= 0.6 is 0 Å². The number of carbonyl (C=O) groups is 1. The Bertz CT molecular complexity index is 810. The zero-order valence-electron chi connectivity index (χ0n) is 12.7. The smallest absolute Gasteiger partial charge is 0.257 e. The Morgan fingerprint density at radius 3 is 2.62 bits per heavy atom. The fourth-order valence-corrected chi connectivity index (χ4v) is 2.69. The molecule has 1 aromatic carbocycles. The summed E-state index contributed by atoms with van der Waals surface area (Å²) in [5.74, 6) is -1.34. The molecular formula is C17H14F2N4O. The number of benzene rings is 1. The van der Waals surface area contributed by atoms with Gasteiger partial charge in [-0.25, -0.2) is 13.8 Å². The van der Waals surface area contributed by atoms with Crippen molar-refractivity contribution in [1.82, 2.24) is 9.88 Å². The van der Waals surface area contributed by atoms with Crippen LogP contribution in [0.3, 0.4) is 0 Å². The summed E-state index contributed by atoms with van der Waals surface area (Å²) in [6, 6.07) is 8.31. The van der Waals surface area contributed by atoms with Crippen molar-refractivity contribution < 1.29 is 13.6 Å². The number of aromatic nitrogens is 1. The van der Waals surface area contributed by atoms with E-state index in [9.17, 15) is 13.6 Å². The first-order chi connectivity index (χ1) is 11.6. The first-order valence-corrected chi connectivity index (χ1v) is 7.44. The van der Waals surface area contributed by atoms with Gasteiger partial charge in [-0.05, 0) is 30.3 Å². The molecule has 1 aliphatic rings. The summed E-state index contributed by atoms with van der Waals surface area (Å²) >= 11 is 0. The quantitative estimate of drug-likeness (QED) is 0.848. The fraction of sp³-hybridized carbons (Fsp3) is 0.235. The first kappa shape index (κ1) is 15.9. The molecule has 1 fully saturated rings. The second-order valence-electron chi connectivity index (χ2n) is 5.39. The van der Waals surface area contributed by atoms with Crippen molar-refractivity contribution >= 4 is 11.7 Å². The fourth-order valence-electron chi connectivity index (χ4n) is 2.69. The van der Waals surface area contributed by atoms with E-state index >= 15 is 0 Å². The number of rotatable bonds is 2. The molecule has 122 valence electrons. The minimum Gasteiger partial charge on any atom is -0.352 e. The highest BCUT2D eigenvalue weighted by atomic mass is 19.1. The van der Waals surface area contributed by atoms with E-state index in [0.29, 0.717) is 37.6 Å². The largest absolute Gasteiger partial charge is 0.352 e. The third kappa shape index (κ3) is 3.04. The molecule has 1 saturated heterocycles. The van der Waals surface area contributed by atoms with Crippen LogP contribution in [-0.2, 0) is 0 Å². The van der Waals surface area contributed by atoms with Gasteiger partial charge >= 0.3 is 0 Å². The summed E-state index contributed by atoms with van der Waals surface area (Å²) in [4.78, 5) is 20.0. The average Bonchev–Trinajstić information content (AvgIpc) is 2.63. The Morgan fingerprint density at radius 2 is 1.92 bits per heavy atom. The van der Waals surface area contributed by atoms with Crippen LogP contribution in [0, 0.1) is 23.0 Å². The summed E-state index contributed by atoms with van der Waals surface area (Å²) in [5.41, 5.74) is 0.201. The minimum absolute atomic E-state index is 0.265. The second kappa shape index (κ2) is 6.62. The van der Waals surface area contributed by atoms with E-state index in [2.05, 4.69) is 11.1 Å². The number of anilines is 1. The van der Waals surface area contributed by atoms with E-state index < -0.39 is 17.5 Å². The Balaban J connectivity index is 1.72. The number of piperazine rings is 1. The van der Waals surface area contributed by atoms with Crippen molar-refractivity contribution in [2.24, 2.45) is 0 Å². The van der Waals surface area contributed by atoms with Crippen LogP contribution in [-0.4, -0.2) is 42.0 Å². The van der Waals surface area contributed by atoms with Crippen molar-refractivity contribution in [3.05, 3.63) is 59.3 Å². The van der Waals surface area contributed by atoms with Gasteiger partial charge in [-0.15, -0.1) is 0 Å². The van der Waals surface area contributed by atoms with E-state index in [1.165, 1.54) is 4.90 Å². The normalized spacial score (nSPS) is 14.4. The average molecular weight is 328 g/mol. The lowest BCUT2D eigenvalue weighted by Gasteiger charge is -2.35. The Morgan fingerprint density at radius 1 is 1.17 bits per heavy atom. The molecule has 0 aliphatic carbocycles. The predicted octanol–water partition coefficient (Wildman–Crippen LogP) is 2.19. The number of halogens is 2. The first-order valence-electron chi connectivity index (χ1n) is 7.44. The summed E-state index contributed by atoms with van der Waals surface area (Å²) in [6.07, 6.45) is 1.61. The molecule has 3 rings (SSSR count). The molecule has 0 N–H and O–H groups in total. The van der Waals surface area contributed by atoms with Crippen LogP contribution in [0.4, 0.5) is 14.6 Å². The van der Waals surface area contributed by atoms with Crippen molar-refractivity contribution in [1.29, 1.82) is 5.26 Å². The molecule has 0 spiro atoms.